The molecule has 0 amide bonds. The molecule has 1 spiro atoms. The van der Waals surface area contributed by atoms with Crippen LogP contribution < -0.4 is 14.9 Å². The number of aromatic carboxylic acids is 1. The number of hydrogen-bond acceptors (Lipinski definition) is 6. The molecule has 5 rings (SSSR count). The fourth-order valence-electron chi connectivity index (χ4n) is 6.17. The first kappa shape index (κ1) is 25.8. The summed E-state index contributed by atoms with van der Waals surface area (Å²) in [5.74, 6) is 0.367. The number of pyridine rings is 1. The molecule has 0 bridgehead atoms. The standard InChI is InChI=1S/C29H38N2O6/c1-19(2)23-14-20-15-27(36-12-5-9-30-10-7-29(8-11-30)6-4-13-37-29)26(35-3)16-21(20)24-17-25(32)22(28(33)34)18-31(23)24/h15-19,23H,4-14H2,1-3H3,(H,33,34). The molecule has 1 atom stereocenters. The average Bonchev–Trinajstić information content (AvgIpc) is 3.34. The zero-order valence-corrected chi connectivity index (χ0v) is 22.1. The van der Waals surface area contributed by atoms with Gasteiger partial charge in [0.2, 0.25) is 0 Å². The molecule has 37 heavy (non-hydrogen) atoms. The van der Waals surface area contributed by atoms with Crippen molar-refractivity contribution in [3.8, 4) is 22.8 Å². The molecule has 2 saturated heterocycles. The normalized spacial score (nSPS) is 20.6. The van der Waals surface area contributed by atoms with Crippen LogP contribution in [0.4, 0.5) is 0 Å². The number of carboxylic acids is 1. The third-order valence-corrected chi connectivity index (χ3v) is 8.36. The minimum atomic E-state index is -1.20. The Hall–Kier alpha value is -2.84. The van der Waals surface area contributed by atoms with Gasteiger partial charge in [0.15, 0.2) is 16.9 Å². The van der Waals surface area contributed by atoms with Gasteiger partial charge in [-0.3, -0.25) is 4.79 Å². The SMILES string of the molecule is COc1cc2c(cc1OCCCN1CCC3(CCCO3)CC1)CC(C(C)C)n1cc(C(=O)O)c(=O)cc1-2. The van der Waals surface area contributed by atoms with Crippen molar-refractivity contribution in [3.63, 3.8) is 0 Å². The number of carbonyl (C=O) groups is 1. The summed E-state index contributed by atoms with van der Waals surface area (Å²) in [4.78, 5) is 26.7. The average molecular weight is 511 g/mol. The second-order valence-corrected chi connectivity index (χ2v) is 11.0. The van der Waals surface area contributed by atoms with Crippen molar-refractivity contribution in [1.29, 1.82) is 0 Å². The number of aromatic nitrogens is 1. The quantitative estimate of drug-likeness (QED) is 0.527. The molecule has 8 heteroatoms. The summed E-state index contributed by atoms with van der Waals surface area (Å²) in [6.07, 6.45) is 7.80. The summed E-state index contributed by atoms with van der Waals surface area (Å²) < 4.78 is 19.9. The lowest BCUT2D eigenvalue weighted by atomic mass is 9.87. The maximum Gasteiger partial charge on any atom is 0.341 e. The van der Waals surface area contributed by atoms with Crippen molar-refractivity contribution in [2.75, 3.05) is 40.0 Å². The van der Waals surface area contributed by atoms with Gasteiger partial charge in [0.25, 0.3) is 0 Å². The number of ether oxygens (including phenoxy) is 3. The van der Waals surface area contributed by atoms with Gasteiger partial charge >= 0.3 is 5.97 Å². The molecular formula is C29H38N2O6. The molecule has 2 aromatic rings. The van der Waals surface area contributed by atoms with Crippen LogP contribution in [0.1, 0.15) is 67.9 Å². The number of likely N-dealkylation sites (tertiary alicyclic amines) is 1. The zero-order valence-electron chi connectivity index (χ0n) is 22.1. The minimum Gasteiger partial charge on any atom is -0.493 e. The Morgan fingerprint density at radius 1 is 1.19 bits per heavy atom. The molecule has 8 nitrogen and oxygen atoms in total. The van der Waals surface area contributed by atoms with E-state index in [4.69, 9.17) is 14.2 Å². The second-order valence-electron chi connectivity index (χ2n) is 11.0. The minimum absolute atomic E-state index is 0.0358. The van der Waals surface area contributed by atoms with Crippen LogP contribution in [0.3, 0.4) is 0 Å². The van der Waals surface area contributed by atoms with Crippen LogP contribution in [0.2, 0.25) is 0 Å². The molecule has 0 radical (unpaired) electrons. The zero-order chi connectivity index (χ0) is 26.2. The maximum atomic E-state index is 12.6. The number of carboxylic acid groups (broad SMARTS) is 1. The second kappa shape index (κ2) is 10.5. The molecule has 2 fully saturated rings. The van der Waals surface area contributed by atoms with Gasteiger partial charge in [0, 0.05) is 50.1 Å². The van der Waals surface area contributed by atoms with Gasteiger partial charge < -0.3 is 28.8 Å². The third-order valence-electron chi connectivity index (χ3n) is 8.36. The van der Waals surface area contributed by atoms with E-state index in [1.165, 1.54) is 25.1 Å². The molecule has 4 heterocycles. The highest BCUT2D eigenvalue weighted by Crippen LogP contribution is 2.43. The van der Waals surface area contributed by atoms with Gasteiger partial charge in [-0.25, -0.2) is 4.79 Å². The first-order valence-corrected chi connectivity index (χ1v) is 13.5. The predicted molar refractivity (Wildman–Crippen MR) is 141 cm³/mol. The summed E-state index contributed by atoms with van der Waals surface area (Å²) in [7, 11) is 1.61. The summed E-state index contributed by atoms with van der Waals surface area (Å²) in [6, 6.07) is 5.42. The van der Waals surface area contributed by atoms with Crippen molar-refractivity contribution < 1.29 is 24.1 Å². The molecule has 0 saturated carbocycles. The van der Waals surface area contributed by atoms with Crippen LogP contribution in [-0.2, 0) is 11.2 Å². The highest BCUT2D eigenvalue weighted by molar-refractivity contribution is 5.88. The monoisotopic (exact) mass is 510 g/mol. The first-order chi connectivity index (χ1) is 17.8. The van der Waals surface area contributed by atoms with E-state index in [-0.39, 0.29) is 23.1 Å². The number of fused-ring (bicyclic) bond motifs is 3. The van der Waals surface area contributed by atoms with Gasteiger partial charge in [0.05, 0.1) is 25.0 Å². The van der Waals surface area contributed by atoms with Crippen molar-refractivity contribution in [2.45, 2.75) is 64.0 Å². The summed E-state index contributed by atoms with van der Waals surface area (Å²) in [5, 5.41) is 9.48. The van der Waals surface area contributed by atoms with Gasteiger partial charge in [-0.15, -0.1) is 0 Å². The van der Waals surface area contributed by atoms with Crippen LogP contribution in [0, 0.1) is 5.92 Å². The highest BCUT2D eigenvalue weighted by atomic mass is 16.5. The Bertz CT molecular complexity index is 1200. The smallest absolute Gasteiger partial charge is 0.341 e. The van der Waals surface area contributed by atoms with Gasteiger partial charge in [-0.05, 0) is 62.1 Å². The molecule has 1 N–H and O–H groups in total. The van der Waals surface area contributed by atoms with E-state index in [0.717, 1.165) is 63.1 Å². The largest absolute Gasteiger partial charge is 0.493 e. The summed E-state index contributed by atoms with van der Waals surface area (Å²) in [5.41, 5.74) is 2.13. The number of hydrogen-bond donors (Lipinski definition) is 1. The maximum absolute atomic E-state index is 12.6. The molecule has 200 valence electrons. The number of methoxy groups -OCH3 is 1. The van der Waals surface area contributed by atoms with E-state index in [1.54, 1.807) is 7.11 Å². The van der Waals surface area contributed by atoms with E-state index in [1.807, 2.05) is 16.7 Å². The van der Waals surface area contributed by atoms with Crippen molar-refractivity contribution >= 4 is 5.97 Å². The Balaban J connectivity index is 1.30. The van der Waals surface area contributed by atoms with Crippen molar-refractivity contribution in [1.82, 2.24) is 9.47 Å². The van der Waals surface area contributed by atoms with Gasteiger partial charge in [0.1, 0.15) is 5.56 Å². The number of rotatable bonds is 8. The van der Waals surface area contributed by atoms with Crippen LogP contribution in [0.25, 0.3) is 11.3 Å². The van der Waals surface area contributed by atoms with Crippen molar-refractivity contribution in [2.24, 2.45) is 5.92 Å². The van der Waals surface area contributed by atoms with Gasteiger partial charge in [-0.2, -0.15) is 0 Å². The lowest BCUT2D eigenvalue weighted by Gasteiger charge is -2.38. The van der Waals surface area contributed by atoms with Crippen molar-refractivity contribution in [3.05, 3.63) is 45.7 Å². The van der Waals surface area contributed by atoms with E-state index in [0.29, 0.717) is 23.8 Å². The molecule has 1 aromatic carbocycles. The predicted octanol–water partition coefficient (Wildman–Crippen LogP) is 4.39. The molecule has 3 aliphatic rings. The number of nitrogens with zero attached hydrogens (tertiary/aromatic N) is 2. The van der Waals surface area contributed by atoms with E-state index < -0.39 is 11.4 Å². The first-order valence-electron chi connectivity index (χ1n) is 13.5. The lowest BCUT2D eigenvalue weighted by molar-refractivity contribution is -0.0437. The molecular weight excluding hydrogens is 472 g/mol. The van der Waals surface area contributed by atoms with E-state index in [9.17, 15) is 14.7 Å². The Labute approximate surface area is 218 Å². The number of benzene rings is 1. The molecule has 1 aromatic heterocycles. The Kier molecular flexibility index (Phi) is 7.32. The van der Waals surface area contributed by atoms with Crippen LogP contribution in [0.15, 0.2) is 29.2 Å². The Morgan fingerprint density at radius 3 is 2.62 bits per heavy atom. The third kappa shape index (κ3) is 5.14. The topological polar surface area (TPSA) is 90.2 Å². The highest BCUT2D eigenvalue weighted by Gasteiger charge is 2.38. The molecule has 0 aliphatic carbocycles. The lowest BCUT2D eigenvalue weighted by Crippen LogP contribution is -2.44. The van der Waals surface area contributed by atoms with Crippen LogP contribution >= 0.6 is 0 Å². The van der Waals surface area contributed by atoms with E-state index in [2.05, 4.69) is 18.7 Å². The van der Waals surface area contributed by atoms with Crippen LogP contribution in [-0.4, -0.2) is 66.1 Å². The summed E-state index contributed by atoms with van der Waals surface area (Å²) in [6.45, 7) is 8.91. The molecule has 3 aliphatic heterocycles. The summed E-state index contributed by atoms with van der Waals surface area (Å²) >= 11 is 0. The fourth-order valence-corrected chi connectivity index (χ4v) is 6.17. The van der Waals surface area contributed by atoms with E-state index >= 15 is 0 Å². The van der Waals surface area contributed by atoms with Crippen LogP contribution in [0.5, 0.6) is 11.5 Å². The molecule has 1 unspecified atom stereocenters. The Morgan fingerprint density at radius 2 is 1.97 bits per heavy atom. The number of piperidine rings is 1. The fraction of sp³-hybridized carbons (Fsp3) is 0.586. The van der Waals surface area contributed by atoms with Gasteiger partial charge in [-0.1, -0.05) is 13.8 Å².